The molecule has 1 aromatic rings. The van der Waals surface area contributed by atoms with Gasteiger partial charge in [-0.3, -0.25) is 0 Å². The first-order valence-electron chi connectivity index (χ1n) is 4.48. The van der Waals surface area contributed by atoms with Crippen molar-refractivity contribution >= 4 is 28.1 Å². The van der Waals surface area contributed by atoms with E-state index in [0.29, 0.717) is 5.15 Å². The zero-order valence-electron chi connectivity index (χ0n) is 7.88. The molecule has 1 fully saturated rings. The van der Waals surface area contributed by atoms with Gasteiger partial charge in [-0.1, -0.05) is 11.6 Å². The van der Waals surface area contributed by atoms with Gasteiger partial charge in [0.05, 0.1) is 0 Å². The third kappa shape index (κ3) is 1.67. The van der Waals surface area contributed by atoms with Crippen LogP contribution in [0.25, 0.3) is 0 Å². The molecule has 0 radical (unpaired) electrons. The Kier molecular flexibility index (Phi) is 2.24. The summed E-state index contributed by atoms with van der Waals surface area (Å²) >= 11 is 7.44. The summed E-state index contributed by atoms with van der Waals surface area (Å²) < 4.78 is 0. The second-order valence-electron chi connectivity index (χ2n) is 4.02. The normalized spacial score (nSPS) is 21.0. The van der Waals surface area contributed by atoms with Crippen molar-refractivity contribution in [1.82, 2.24) is 4.98 Å². The maximum absolute atomic E-state index is 5.80. The summed E-state index contributed by atoms with van der Waals surface area (Å²) in [6.45, 7) is 5.63. The minimum Gasteiger partial charge on any atom is -0.343 e. The Morgan fingerprint density at radius 3 is 2.85 bits per heavy atom. The lowest BCUT2D eigenvalue weighted by molar-refractivity contribution is 0.517. The largest absolute Gasteiger partial charge is 0.343 e. The van der Waals surface area contributed by atoms with E-state index in [9.17, 15) is 0 Å². The molecule has 1 aromatic heterocycles. The minimum absolute atomic E-state index is 0.251. The SMILES string of the molecule is CC1(C)CCCN1c1nc(Cl)cs1. The van der Waals surface area contributed by atoms with Crippen LogP contribution >= 0.6 is 22.9 Å². The fourth-order valence-electron chi connectivity index (χ4n) is 1.83. The van der Waals surface area contributed by atoms with Gasteiger partial charge in [0.2, 0.25) is 0 Å². The van der Waals surface area contributed by atoms with E-state index < -0.39 is 0 Å². The summed E-state index contributed by atoms with van der Waals surface area (Å²) in [5.41, 5.74) is 0.251. The Bertz CT molecular complexity index is 308. The molecule has 0 unspecified atom stereocenters. The van der Waals surface area contributed by atoms with Crippen molar-refractivity contribution in [2.24, 2.45) is 0 Å². The Morgan fingerprint density at radius 2 is 2.38 bits per heavy atom. The van der Waals surface area contributed by atoms with E-state index in [1.165, 1.54) is 12.8 Å². The van der Waals surface area contributed by atoms with Crippen molar-refractivity contribution in [1.29, 1.82) is 0 Å². The first kappa shape index (κ1) is 9.28. The van der Waals surface area contributed by atoms with E-state index in [-0.39, 0.29) is 5.54 Å². The number of nitrogens with zero attached hydrogens (tertiary/aromatic N) is 2. The first-order valence-corrected chi connectivity index (χ1v) is 5.74. The van der Waals surface area contributed by atoms with E-state index in [4.69, 9.17) is 11.6 Å². The Balaban J connectivity index is 2.26. The molecule has 2 nitrogen and oxygen atoms in total. The average Bonchev–Trinajstić information content (AvgIpc) is 2.56. The molecule has 0 N–H and O–H groups in total. The fourth-order valence-corrected chi connectivity index (χ4v) is 2.97. The molecule has 0 bridgehead atoms. The third-order valence-electron chi connectivity index (χ3n) is 2.60. The zero-order valence-corrected chi connectivity index (χ0v) is 9.45. The van der Waals surface area contributed by atoms with Crippen LogP contribution in [0.4, 0.5) is 5.13 Å². The van der Waals surface area contributed by atoms with Crippen LogP contribution in [-0.2, 0) is 0 Å². The highest BCUT2D eigenvalue weighted by atomic mass is 35.5. The summed E-state index contributed by atoms with van der Waals surface area (Å²) in [6, 6.07) is 0. The van der Waals surface area contributed by atoms with E-state index in [0.717, 1.165) is 11.7 Å². The summed E-state index contributed by atoms with van der Waals surface area (Å²) in [4.78, 5) is 6.65. The average molecular weight is 217 g/mol. The molecule has 72 valence electrons. The molecular weight excluding hydrogens is 204 g/mol. The number of hydrogen-bond donors (Lipinski definition) is 0. The molecule has 0 saturated carbocycles. The zero-order chi connectivity index (χ0) is 9.47. The number of halogens is 1. The second-order valence-corrected chi connectivity index (χ2v) is 5.24. The highest BCUT2D eigenvalue weighted by molar-refractivity contribution is 7.14. The number of anilines is 1. The molecule has 4 heteroatoms. The molecule has 0 amide bonds. The molecule has 0 aromatic carbocycles. The summed E-state index contributed by atoms with van der Waals surface area (Å²) in [5.74, 6) is 0. The second kappa shape index (κ2) is 3.14. The quantitative estimate of drug-likeness (QED) is 0.717. The molecule has 2 heterocycles. The van der Waals surface area contributed by atoms with Crippen molar-refractivity contribution in [2.45, 2.75) is 32.2 Å². The molecule has 0 atom stereocenters. The van der Waals surface area contributed by atoms with Gasteiger partial charge < -0.3 is 4.90 Å². The summed E-state index contributed by atoms with van der Waals surface area (Å²) in [6.07, 6.45) is 2.49. The van der Waals surface area contributed by atoms with Gasteiger partial charge in [-0.05, 0) is 26.7 Å². The van der Waals surface area contributed by atoms with E-state index >= 15 is 0 Å². The Morgan fingerprint density at radius 1 is 1.62 bits per heavy atom. The number of thiazole rings is 1. The topological polar surface area (TPSA) is 16.1 Å². The van der Waals surface area contributed by atoms with Gasteiger partial charge in [0.1, 0.15) is 5.15 Å². The van der Waals surface area contributed by atoms with E-state index in [1.54, 1.807) is 11.3 Å². The monoisotopic (exact) mass is 216 g/mol. The van der Waals surface area contributed by atoms with Crippen LogP contribution in [0.2, 0.25) is 5.15 Å². The van der Waals surface area contributed by atoms with Gasteiger partial charge in [0.25, 0.3) is 0 Å². The maximum atomic E-state index is 5.80. The van der Waals surface area contributed by atoms with Crippen LogP contribution in [0, 0.1) is 0 Å². The molecule has 0 aliphatic carbocycles. The fraction of sp³-hybridized carbons (Fsp3) is 0.667. The van der Waals surface area contributed by atoms with Gasteiger partial charge in [-0.2, -0.15) is 0 Å². The Hall–Kier alpha value is -0.280. The number of rotatable bonds is 1. The molecular formula is C9H13ClN2S. The molecule has 1 saturated heterocycles. The lowest BCUT2D eigenvalue weighted by atomic mass is 10.0. The molecule has 1 aliphatic heterocycles. The smallest absolute Gasteiger partial charge is 0.187 e. The number of hydrogen-bond acceptors (Lipinski definition) is 3. The van der Waals surface area contributed by atoms with Gasteiger partial charge in [0.15, 0.2) is 5.13 Å². The predicted molar refractivity (Wildman–Crippen MR) is 57.8 cm³/mol. The van der Waals surface area contributed by atoms with E-state index in [1.807, 2.05) is 5.38 Å². The van der Waals surface area contributed by atoms with Crippen molar-refractivity contribution in [2.75, 3.05) is 11.4 Å². The lowest BCUT2D eigenvalue weighted by Gasteiger charge is -2.31. The standard InChI is InChI=1S/C9H13ClN2S/c1-9(2)4-3-5-12(9)8-11-7(10)6-13-8/h6H,3-5H2,1-2H3. The maximum Gasteiger partial charge on any atom is 0.187 e. The van der Waals surface area contributed by atoms with Gasteiger partial charge in [0, 0.05) is 17.5 Å². The van der Waals surface area contributed by atoms with Crippen LogP contribution in [0.5, 0.6) is 0 Å². The van der Waals surface area contributed by atoms with Gasteiger partial charge >= 0.3 is 0 Å². The van der Waals surface area contributed by atoms with E-state index in [2.05, 4.69) is 23.7 Å². The third-order valence-corrected chi connectivity index (χ3v) is 3.78. The molecule has 2 rings (SSSR count). The van der Waals surface area contributed by atoms with Crippen LogP contribution in [0.3, 0.4) is 0 Å². The highest BCUT2D eigenvalue weighted by Gasteiger charge is 2.33. The first-order chi connectivity index (χ1) is 6.09. The Labute approximate surface area is 87.5 Å². The predicted octanol–water partition coefficient (Wildman–Crippen LogP) is 3.18. The van der Waals surface area contributed by atoms with Crippen molar-refractivity contribution in [3.8, 4) is 0 Å². The molecule has 13 heavy (non-hydrogen) atoms. The van der Waals surface area contributed by atoms with Crippen LogP contribution in [0.1, 0.15) is 26.7 Å². The molecule has 1 aliphatic rings. The minimum atomic E-state index is 0.251. The van der Waals surface area contributed by atoms with Gasteiger partial charge in [-0.15, -0.1) is 11.3 Å². The summed E-state index contributed by atoms with van der Waals surface area (Å²) in [7, 11) is 0. The summed E-state index contributed by atoms with van der Waals surface area (Å²) in [5, 5.41) is 3.57. The number of aromatic nitrogens is 1. The van der Waals surface area contributed by atoms with Crippen LogP contribution in [-0.4, -0.2) is 17.1 Å². The highest BCUT2D eigenvalue weighted by Crippen LogP contribution is 2.35. The van der Waals surface area contributed by atoms with Crippen molar-refractivity contribution in [3.63, 3.8) is 0 Å². The van der Waals surface area contributed by atoms with Crippen molar-refractivity contribution < 1.29 is 0 Å². The van der Waals surface area contributed by atoms with Crippen LogP contribution in [0.15, 0.2) is 5.38 Å². The molecule has 0 spiro atoms. The van der Waals surface area contributed by atoms with Crippen molar-refractivity contribution in [3.05, 3.63) is 10.5 Å². The van der Waals surface area contributed by atoms with Gasteiger partial charge in [-0.25, -0.2) is 4.98 Å². The lowest BCUT2D eigenvalue weighted by Crippen LogP contribution is -2.37. The van der Waals surface area contributed by atoms with Crippen LogP contribution < -0.4 is 4.90 Å².